The molecule has 8 heteroatoms. The molecule has 29 heavy (non-hydrogen) atoms. The Morgan fingerprint density at radius 1 is 1.10 bits per heavy atom. The van der Waals surface area contributed by atoms with Crippen molar-refractivity contribution in [3.63, 3.8) is 0 Å². The van der Waals surface area contributed by atoms with Gasteiger partial charge in [0.2, 0.25) is 15.9 Å². The number of benzene rings is 2. The van der Waals surface area contributed by atoms with Gasteiger partial charge in [-0.15, -0.1) is 0 Å². The fourth-order valence-electron chi connectivity index (χ4n) is 2.96. The average Bonchev–Trinajstić information content (AvgIpc) is 2.68. The highest BCUT2D eigenvalue weighted by atomic mass is 79.9. The molecule has 2 aromatic carbocycles. The molecule has 0 unspecified atom stereocenters. The van der Waals surface area contributed by atoms with Crippen LogP contribution >= 0.6 is 15.9 Å². The van der Waals surface area contributed by atoms with E-state index in [9.17, 15) is 13.2 Å². The van der Waals surface area contributed by atoms with Crippen molar-refractivity contribution in [3.05, 3.63) is 64.8 Å². The average molecular weight is 476 g/mol. The number of carbonyl (C=O) groups excluding carboxylic acids is 1. The van der Waals surface area contributed by atoms with Gasteiger partial charge < -0.3 is 5.32 Å². The van der Waals surface area contributed by atoms with Crippen molar-refractivity contribution in [1.29, 1.82) is 0 Å². The number of fused-ring (bicyclic) bond motifs is 1. The molecule has 0 radical (unpaired) electrons. The Hall–Kier alpha value is -2.29. The van der Waals surface area contributed by atoms with Gasteiger partial charge in [-0.1, -0.05) is 48.0 Å². The van der Waals surface area contributed by atoms with Crippen molar-refractivity contribution in [3.8, 4) is 0 Å². The van der Waals surface area contributed by atoms with Gasteiger partial charge in [-0.05, 0) is 48.7 Å². The zero-order chi connectivity index (χ0) is 21.2. The van der Waals surface area contributed by atoms with Gasteiger partial charge in [-0.2, -0.15) is 4.72 Å². The lowest BCUT2D eigenvalue weighted by molar-refractivity contribution is -0.118. The van der Waals surface area contributed by atoms with Gasteiger partial charge in [0.25, 0.3) is 0 Å². The number of hydrogen-bond donors (Lipinski definition) is 2. The number of aromatic nitrogens is 1. The summed E-state index contributed by atoms with van der Waals surface area (Å²) in [6, 6.07) is 13.0. The topological polar surface area (TPSA) is 88.2 Å². The smallest absolute Gasteiger partial charge is 0.243 e. The number of carbonyl (C=O) groups is 1. The molecule has 1 heterocycles. The molecule has 3 aromatic rings. The normalized spacial score (nSPS) is 12.9. The highest BCUT2D eigenvalue weighted by molar-refractivity contribution is 9.10. The monoisotopic (exact) mass is 475 g/mol. The number of para-hydroxylation sites is 1. The van der Waals surface area contributed by atoms with Crippen molar-refractivity contribution in [1.82, 2.24) is 9.71 Å². The molecule has 1 amide bonds. The molecule has 0 aliphatic heterocycles. The zero-order valence-corrected chi connectivity index (χ0v) is 18.7. The number of amides is 1. The van der Waals surface area contributed by atoms with Crippen LogP contribution in [-0.2, 0) is 14.8 Å². The summed E-state index contributed by atoms with van der Waals surface area (Å²) in [5.74, 6) is -0.678. The zero-order valence-electron chi connectivity index (χ0n) is 16.3. The second kappa shape index (κ2) is 8.61. The SMILES string of the molecule is Cc1cc(NC(=O)[C@@H](NS(=O)(=O)c2cccc3cccnc23)C(C)C)ccc1Br. The van der Waals surface area contributed by atoms with E-state index in [1.54, 1.807) is 50.4 Å². The standard InChI is InChI=1S/C21H22BrN3O3S/c1-13(2)19(21(26)24-16-9-10-17(22)14(3)12-16)25-29(27,28)18-8-4-6-15-7-5-11-23-20(15)18/h4-13,19,25H,1-3H3,(H,24,26)/t19-/m0/s1. The number of hydrogen-bond acceptors (Lipinski definition) is 4. The Morgan fingerprint density at radius 2 is 1.83 bits per heavy atom. The van der Waals surface area contributed by atoms with E-state index < -0.39 is 22.0 Å². The molecule has 6 nitrogen and oxygen atoms in total. The Bertz CT molecular complexity index is 1160. The molecule has 0 saturated heterocycles. The minimum absolute atomic E-state index is 0.0496. The first-order valence-electron chi connectivity index (χ1n) is 9.12. The van der Waals surface area contributed by atoms with Crippen molar-refractivity contribution in [2.24, 2.45) is 5.92 Å². The van der Waals surface area contributed by atoms with Crippen LogP contribution in [0, 0.1) is 12.8 Å². The molecule has 0 spiro atoms. The first kappa shape index (κ1) is 21.4. The van der Waals surface area contributed by atoms with Crippen LogP contribution < -0.4 is 10.0 Å². The van der Waals surface area contributed by atoms with Crippen molar-refractivity contribution in [2.75, 3.05) is 5.32 Å². The summed E-state index contributed by atoms with van der Waals surface area (Å²) in [7, 11) is -3.96. The molecular formula is C21H22BrN3O3S. The molecule has 152 valence electrons. The van der Waals surface area contributed by atoms with E-state index in [0.29, 0.717) is 16.6 Å². The predicted molar refractivity (Wildman–Crippen MR) is 118 cm³/mol. The van der Waals surface area contributed by atoms with E-state index in [4.69, 9.17) is 0 Å². The fourth-order valence-corrected chi connectivity index (χ4v) is 4.73. The van der Waals surface area contributed by atoms with E-state index in [-0.39, 0.29) is 10.8 Å². The molecule has 0 aliphatic carbocycles. The van der Waals surface area contributed by atoms with Crippen LogP contribution in [-0.4, -0.2) is 25.4 Å². The molecule has 0 aliphatic rings. The maximum absolute atomic E-state index is 13.1. The van der Waals surface area contributed by atoms with E-state index in [0.717, 1.165) is 10.0 Å². The number of rotatable bonds is 6. The van der Waals surface area contributed by atoms with Gasteiger partial charge in [-0.3, -0.25) is 9.78 Å². The largest absolute Gasteiger partial charge is 0.325 e. The molecule has 3 rings (SSSR count). The minimum atomic E-state index is -3.96. The number of sulfonamides is 1. The molecule has 0 bridgehead atoms. The van der Waals surface area contributed by atoms with Gasteiger partial charge in [0, 0.05) is 21.7 Å². The summed E-state index contributed by atoms with van der Waals surface area (Å²) in [6.45, 7) is 5.50. The maximum atomic E-state index is 13.1. The van der Waals surface area contributed by atoms with Crippen molar-refractivity contribution < 1.29 is 13.2 Å². The van der Waals surface area contributed by atoms with Crippen LogP contribution in [0.15, 0.2) is 64.1 Å². The second-order valence-electron chi connectivity index (χ2n) is 7.13. The molecular weight excluding hydrogens is 454 g/mol. The molecule has 2 N–H and O–H groups in total. The Kier molecular flexibility index (Phi) is 6.36. The van der Waals surface area contributed by atoms with Crippen LogP contribution in [0.5, 0.6) is 0 Å². The quantitative estimate of drug-likeness (QED) is 0.557. The van der Waals surface area contributed by atoms with E-state index in [2.05, 4.69) is 31.0 Å². The number of pyridine rings is 1. The van der Waals surface area contributed by atoms with Gasteiger partial charge >= 0.3 is 0 Å². The third-order valence-corrected chi connectivity index (χ3v) is 6.90. The fraction of sp³-hybridized carbons (Fsp3) is 0.238. The summed E-state index contributed by atoms with van der Waals surface area (Å²) in [6.07, 6.45) is 1.55. The van der Waals surface area contributed by atoms with E-state index in [1.165, 1.54) is 6.07 Å². The third kappa shape index (κ3) is 4.83. The predicted octanol–water partition coefficient (Wildman–Crippen LogP) is 4.25. The second-order valence-corrected chi connectivity index (χ2v) is 9.66. The van der Waals surface area contributed by atoms with Gasteiger partial charge in [0.15, 0.2) is 0 Å². The molecule has 1 atom stereocenters. The molecule has 1 aromatic heterocycles. The third-order valence-electron chi connectivity index (χ3n) is 4.54. The Balaban J connectivity index is 1.89. The van der Waals surface area contributed by atoms with Crippen LogP contribution in [0.25, 0.3) is 10.9 Å². The Labute approximate surface area is 178 Å². The van der Waals surface area contributed by atoms with Crippen molar-refractivity contribution >= 4 is 48.5 Å². The van der Waals surface area contributed by atoms with Gasteiger partial charge in [-0.25, -0.2) is 8.42 Å². The van der Waals surface area contributed by atoms with Crippen LogP contribution in [0.2, 0.25) is 0 Å². The lowest BCUT2D eigenvalue weighted by Crippen LogP contribution is -2.47. The Morgan fingerprint density at radius 3 is 2.52 bits per heavy atom. The maximum Gasteiger partial charge on any atom is 0.243 e. The molecule has 0 fully saturated rings. The first-order chi connectivity index (χ1) is 13.7. The van der Waals surface area contributed by atoms with E-state index in [1.807, 2.05) is 19.1 Å². The molecule has 0 saturated carbocycles. The van der Waals surface area contributed by atoms with Gasteiger partial charge in [0.05, 0.1) is 5.52 Å². The van der Waals surface area contributed by atoms with Crippen LogP contribution in [0.4, 0.5) is 5.69 Å². The summed E-state index contributed by atoms with van der Waals surface area (Å²) < 4.78 is 29.6. The number of nitrogens with zero attached hydrogens (tertiary/aromatic N) is 1. The number of nitrogens with one attached hydrogen (secondary N) is 2. The highest BCUT2D eigenvalue weighted by Gasteiger charge is 2.29. The number of anilines is 1. The minimum Gasteiger partial charge on any atom is -0.325 e. The van der Waals surface area contributed by atoms with Crippen LogP contribution in [0.3, 0.4) is 0 Å². The summed E-state index contributed by atoms with van der Waals surface area (Å²) in [5.41, 5.74) is 1.94. The van der Waals surface area contributed by atoms with Crippen molar-refractivity contribution in [2.45, 2.75) is 31.7 Å². The summed E-state index contributed by atoms with van der Waals surface area (Å²) >= 11 is 3.42. The summed E-state index contributed by atoms with van der Waals surface area (Å²) in [4.78, 5) is 17.1. The first-order valence-corrected chi connectivity index (χ1v) is 11.4. The number of aryl methyl sites for hydroxylation is 1. The van der Waals surface area contributed by atoms with E-state index >= 15 is 0 Å². The lowest BCUT2D eigenvalue weighted by Gasteiger charge is -2.22. The highest BCUT2D eigenvalue weighted by Crippen LogP contribution is 2.23. The summed E-state index contributed by atoms with van der Waals surface area (Å²) in [5, 5.41) is 3.51. The number of halogens is 1. The lowest BCUT2D eigenvalue weighted by atomic mass is 10.0. The van der Waals surface area contributed by atoms with Gasteiger partial charge in [0.1, 0.15) is 10.9 Å². The van der Waals surface area contributed by atoms with Crippen LogP contribution in [0.1, 0.15) is 19.4 Å².